The molecule has 0 radical (unpaired) electrons. The molecule has 2 aliphatic heterocycles. The minimum atomic E-state index is -1.58. The molecule has 0 spiro atoms. The zero-order chi connectivity index (χ0) is 56.8. The standard InChI is InChI=1S/C82H64S2/c1-83(2)79(65-43-25-11-26-44-65)75(59-35-17-7-18-36-59)77(61-39-21-9-22-40-61)81(83)67-53-49-63(50-54-67)71-69-47-29-30-48-70(69)72(74(58-33-15-6-16-34-58)73(71)57-31-13-5-14-32-57)64-51-55-68(56-52-64)82-78(62-41-23-10-24-42-62)76(60-37-19-8-20-38-60)80(84(82,3)4)66-45-27-12-28-46-66/h5-56H,1-4H3. The van der Waals surface area contributed by atoms with E-state index < -0.39 is 20.1 Å². The first kappa shape index (κ1) is 52.6. The van der Waals surface area contributed by atoms with Gasteiger partial charge in [-0.25, -0.2) is 0 Å². The first-order chi connectivity index (χ1) is 41.3. The molecule has 2 heteroatoms. The number of hydrogen-bond acceptors (Lipinski definition) is 0. The molecule has 0 aliphatic carbocycles. The summed E-state index contributed by atoms with van der Waals surface area (Å²) < 4.78 is 0. The van der Waals surface area contributed by atoms with Crippen molar-refractivity contribution in [1.82, 2.24) is 0 Å². The molecule has 0 N–H and O–H groups in total. The van der Waals surface area contributed by atoms with Crippen molar-refractivity contribution < 1.29 is 0 Å². The molecule has 0 amide bonds. The summed E-state index contributed by atoms with van der Waals surface area (Å²) in [6, 6.07) is 117. The van der Waals surface area contributed by atoms with Crippen LogP contribution in [0.2, 0.25) is 0 Å². The normalized spacial score (nSPS) is 15.4. The van der Waals surface area contributed by atoms with E-state index in [1.807, 2.05) is 0 Å². The molecule has 14 rings (SSSR count). The van der Waals surface area contributed by atoms with Crippen LogP contribution >= 0.6 is 20.1 Å². The fraction of sp³-hybridized carbons (Fsp3) is 0.0488. The van der Waals surface area contributed by atoms with Crippen molar-refractivity contribution in [3.05, 3.63) is 360 Å². The van der Waals surface area contributed by atoms with E-state index in [1.54, 1.807) is 0 Å². The van der Waals surface area contributed by atoms with Gasteiger partial charge >= 0.3 is 0 Å². The lowest BCUT2D eigenvalue weighted by Gasteiger charge is -2.34. The number of hydrogen-bond donors (Lipinski definition) is 0. The molecule has 0 saturated heterocycles. The van der Waals surface area contributed by atoms with Gasteiger partial charge in [0.15, 0.2) is 0 Å². The molecule has 84 heavy (non-hydrogen) atoms. The van der Waals surface area contributed by atoms with Gasteiger partial charge in [-0.2, -0.15) is 20.1 Å². The Bertz CT molecular complexity index is 4230. The van der Waals surface area contributed by atoms with Crippen molar-refractivity contribution in [2.24, 2.45) is 0 Å². The average Bonchev–Trinajstić information content (AvgIpc) is 1.70. The minimum absolute atomic E-state index is 1.18. The Labute approximate surface area is 498 Å². The van der Waals surface area contributed by atoms with Crippen LogP contribution in [-0.2, 0) is 0 Å². The highest BCUT2D eigenvalue weighted by Crippen LogP contribution is 2.75. The molecule has 0 atom stereocenters. The zero-order valence-electron chi connectivity index (χ0n) is 47.8. The maximum absolute atomic E-state index is 2.51. The van der Waals surface area contributed by atoms with Crippen molar-refractivity contribution in [2.45, 2.75) is 0 Å². The summed E-state index contributed by atoms with van der Waals surface area (Å²) in [6.45, 7) is 0. The lowest BCUT2D eigenvalue weighted by molar-refractivity contribution is 1.55. The van der Waals surface area contributed by atoms with Gasteiger partial charge < -0.3 is 0 Å². The Hall–Kier alpha value is -9.44. The average molecular weight is 1110 g/mol. The van der Waals surface area contributed by atoms with Gasteiger partial charge in [0.2, 0.25) is 0 Å². The summed E-state index contributed by atoms with van der Waals surface area (Å²) in [5, 5.41) is 2.44. The Morgan fingerprint density at radius 1 is 0.155 bits per heavy atom. The highest BCUT2D eigenvalue weighted by molar-refractivity contribution is 8.48. The fourth-order valence-corrected chi connectivity index (χ4v) is 19.8. The minimum Gasteiger partial charge on any atom is -0.191 e. The van der Waals surface area contributed by atoms with Gasteiger partial charge in [0.05, 0.1) is 0 Å². The predicted octanol–water partition coefficient (Wildman–Crippen LogP) is 22.5. The molecular weight excluding hydrogens is 1050 g/mol. The van der Waals surface area contributed by atoms with E-state index in [1.165, 1.54) is 142 Å². The highest BCUT2D eigenvalue weighted by Gasteiger charge is 2.41. The monoisotopic (exact) mass is 1110 g/mol. The number of fused-ring (bicyclic) bond motifs is 1. The van der Waals surface area contributed by atoms with E-state index >= 15 is 0 Å². The molecule has 2 heterocycles. The van der Waals surface area contributed by atoms with Crippen molar-refractivity contribution in [1.29, 1.82) is 0 Å². The molecule has 404 valence electrons. The quantitative estimate of drug-likeness (QED) is 0.114. The maximum atomic E-state index is 2.51. The van der Waals surface area contributed by atoms with Crippen molar-refractivity contribution >= 4 is 72.7 Å². The van der Waals surface area contributed by atoms with E-state index in [0.29, 0.717) is 0 Å². The summed E-state index contributed by atoms with van der Waals surface area (Å²) in [4.78, 5) is 5.67. The van der Waals surface area contributed by atoms with Gasteiger partial charge in [0.25, 0.3) is 0 Å². The van der Waals surface area contributed by atoms with Gasteiger partial charge in [-0.1, -0.05) is 315 Å². The van der Waals surface area contributed by atoms with Crippen molar-refractivity contribution in [3.63, 3.8) is 0 Å². The van der Waals surface area contributed by atoms with E-state index in [0.717, 1.165) is 0 Å². The molecule has 0 saturated carbocycles. The van der Waals surface area contributed by atoms with Crippen LogP contribution in [0.3, 0.4) is 0 Å². The van der Waals surface area contributed by atoms with Gasteiger partial charge in [-0.05, 0) is 125 Å². The van der Waals surface area contributed by atoms with Gasteiger partial charge in [0, 0.05) is 41.9 Å². The third-order valence-corrected chi connectivity index (χ3v) is 22.8. The summed E-state index contributed by atoms with van der Waals surface area (Å²) in [5.74, 6) is 0. The Balaban J connectivity index is 0.979. The van der Waals surface area contributed by atoms with E-state index in [2.05, 4.69) is 340 Å². The second-order valence-corrected chi connectivity index (χ2v) is 29.5. The largest absolute Gasteiger partial charge is 0.191 e. The molecule has 0 fully saturated rings. The lowest BCUT2D eigenvalue weighted by atomic mass is 9.78. The molecule has 0 aromatic heterocycles. The third kappa shape index (κ3) is 9.15. The highest BCUT2D eigenvalue weighted by atomic mass is 32.3. The van der Waals surface area contributed by atoms with Crippen LogP contribution in [0.1, 0.15) is 44.5 Å². The molecular formula is C82H64S2. The van der Waals surface area contributed by atoms with Crippen LogP contribution in [0.4, 0.5) is 0 Å². The Kier molecular flexibility index (Phi) is 13.8. The summed E-state index contributed by atoms with van der Waals surface area (Å²) in [5.41, 5.74) is 25.0. The maximum Gasteiger partial charge on any atom is 0.00946 e. The number of allylic oxidation sites excluding steroid dienone is 4. The summed E-state index contributed by atoms with van der Waals surface area (Å²) in [6.07, 6.45) is 10.0. The predicted molar refractivity (Wildman–Crippen MR) is 370 cm³/mol. The van der Waals surface area contributed by atoms with Crippen molar-refractivity contribution in [3.8, 4) is 44.5 Å². The van der Waals surface area contributed by atoms with Crippen LogP contribution in [0.15, 0.2) is 315 Å². The van der Waals surface area contributed by atoms with E-state index in [9.17, 15) is 0 Å². The smallest absolute Gasteiger partial charge is 0.00946 e. The first-order valence-electron chi connectivity index (χ1n) is 29.0. The molecule has 12 aromatic carbocycles. The Morgan fingerprint density at radius 2 is 0.321 bits per heavy atom. The van der Waals surface area contributed by atoms with Crippen LogP contribution in [-0.4, -0.2) is 25.0 Å². The lowest BCUT2D eigenvalue weighted by Crippen LogP contribution is -2.00. The Morgan fingerprint density at radius 3 is 0.560 bits per heavy atom. The van der Waals surface area contributed by atoms with Crippen LogP contribution in [0.25, 0.3) is 97.2 Å². The van der Waals surface area contributed by atoms with Crippen molar-refractivity contribution in [2.75, 3.05) is 25.0 Å². The molecule has 0 nitrogen and oxygen atoms in total. The topological polar surface area (TPSA) is 0 Å². The first-order valence-corrected chi connectivity index (χ1v) is 33.9. The molecule has 2 aliphatic rings. The zero-order valence-corrected chi connectivity index (χ0v) is 49.5. The second kappa shape index (κ2) is 22.0. The van der Waals surface area contributed by atoms with Crippen LogP contribution < -0.4 is 0 Å². The van der Waals surface area contributed by atoms with Gasteiger partial charge in [-0.15, -0.1) is 0 Å². The molecule has 12 aromatic rings. The van der Waals surface area contributed by atoms with E-state index in [-0.39, 0.29) is 0 Å². The molecule has 0 unspecified atom stereocenters. The van der Waals surface area contributed by atoms with Gasteiger partial charge in [0.1, 0.15) is 0 Å². The second-order valence-electron chi connectivity index (χ2n) is 22.6. The van der Waals surface area contributed by atoms with Gasteiger partial charge in [-0.3, -0.25) is 0 Å². The SMILES string of the molecule is CS1(C)C(c2ccccc2)=C(c2ccccc2)C(c2ccccc2)=C1c1ccc(-c2c(-c3ccccc3)c(-c3ccccc3)c(-c3ccc(C4=C(c5ccccc5)C(c5ccccc5)=C(c5ccccc5)S4(C)C)cc3)c3ccccc23)cc1. The van der Waals surface area contributed by atoms with Crippen LogP contribution in [0.5, 0.6) is 0 Å². The van der Waals surface area contributed by atoms with Crippen LogP contribution in [0, 0.1) is 0 Å². The third-order valence-electron chi connectivity index (χ3n) is 17.0. The fourth-order valence-electron chi connectivity index (χ4n) is 13.5. The summed E-state index contributed by atoms with van der Waals surface area (Å²) in [7, 11) is -3.16. The summed E-state index contributed by atoms with van der Waals surface area (Å²) >= 11 is 0. The number of benzene rings is 12. The van der Waals surface area contributed by atoms with E-state index in [4.69, 9.17) is 0 Å². The molecule has 0 bridgehead atoms. The number of rotatable bonds is 12.